The van der Waals surface area contributed by atoms with Crippen LogP contribution in [0.3, 0.4) is 0 Å². The molecule has 0 radical (unpaired) electrons. The van der Waals surface area contributed by atoms with Gasteiger partial charge in [0.2, 0.25) is 0 Å². The van der Waals surface area contributed by atoms with Gasteiger partial charge in [0.1, 0.15) is 0 Å². The summed E-state index contributed by atoms with van der Waals surface area (Å²) < 4.78 is 0. The van der Waals surface area contributed by atoms with Crippen LogP contribution in [0.4, 0.5) is 0 Å². The predicted octanol–water partition coefficient (Wildman–Crippen LogP) is 11.5. The molecule has 0 saturated carbocycles. The summed E-state index contributed by atoms with van der Waals surface area (Å²) in [6.07, 6.45) is 26.3. The SMILES string of the molecule is CCCCCCCC(C)[CH2][Al]([CH2]C(C)CCCCCCC)[CH2]C(C)CCCCCCC. The first kappa shape index (κ1) is 31.5. The van der Waals surface area contributed by atoms with E-state index in [-0.39, 0.29) is 0 Å². The first-order chi connectivity index (χ1) is 15.0. The minimum Gasteiger partial charge on any atom is -0.0913 e. The average molecular weight is 451 g/mol. The molecule has 0 bridgehead atoms. The molecule has 0 spiro atoms. The van der Waals surface area contributed by atoms with Crippen LogP contribution < -0.4 is 0 Å². The van der Waals surface area contributed by atoms with Crippen molar-refractivity contribution >= 4 is 14.1 Å². The Balaban J connectivity index is 4.38. The molecule has 31 heavy (non-hydrogen) atoms. The average Bonchev–Trinajstić information content (AvgIpc) is 2.73. The Morgan fingerprint density at radius 1 is 0.387 bits per heavy atom. The molecule has 0 amide bonds. The van der Waals surface area contributed by atoms with Crippen molar-refractivity contribution in [1.29, 1.82) is 0 Å². The van der Waals surface area contributed by atoms with E-state index in [1.54, 1.807) is 15.8 Å². The molecule has 0 aliphatic heterocycles. The highest BCUT2D eigenvalue weighted by Crippen LogP contribution is 2.28. The van der Waals surface area contributed by atoms with Crippen LogP contribution in [0, 0.1) is 17.8 Å². The first-order valence-electron chi connectivity index (χ1n) is 15.0. The van der Waals surface area contributed by atoms with Gasteiger partial charge in [0.05, 0.1) is 0 Å². The van der Waals surface area contributed by atoms with Gasteiger partial charge in [-0.05, 0) is 0 Å². The molecule has 0 aromatic carbocycles. The highest BCUT2D eigenvalue weighted by molar-refractivity contribution is 6.59. The highest BCUT2D eigenvalue weighted by Gasteiger charge is 2.24. The zero-order valence-corrected chi connectivity index (χ0v) is 24.3. The van der Waals surface area contributed by atoms with E-state index in [2.05, 4.69) is 41.5 Å². The normalized spacial score (nSPS) is 14.5. The van der Waals surface area contributed by atoms with Gasteiger partial charge in [0.25, 0.3) is 14.1 Å². The van der Waals surface area contributed by atoms with Crippen molar-refractivity contribution in [1.82, 2.24) is 0 Å². The van der Waals surface area contributed by atoms with Crippen molar-refractivity contribution in [3.05, 3.63) is 0 Å². The van der Waals surface area contributed by atoms with Crippen molar-refractivity contribution in [2.75, 3.05) is 0 Å². The molecule has 0 rings (SSSR count). The Bertz CT molecular complexity index is 287. The van der Waals surface area contributed by atoms with Gasteiger partial charge in [0.15, 0.2) is 0 Å². The highest BCUT2D eigenvalue weighted by atomic mass is 27.2. The van der Waals surface area contributed by atoms with Gasteiger partial charge in [0, 0.05) is 0 Å². The number of hydrogen-bond acceptors (Lipinski definition) is 0. The van der Waals surface area contributed by atoms with E-state index in [9.17, 15) is 0 Å². The van der Waals surface area contributed by atoms with E-state index in [0.29, 0.717) is 0 Å². The van der Waals surface area contributed by atoms with Gasteiger partial charge < -0.3 is 0 Å². The Labute approximate surface area is 204 Å². The fourth-order valence-electron chi connectivity index (χ4n) is 5.64. The largest absolute Gasteiger partial charge is 0.262 e. The van der Waals surface area contributed by atoms with Gasteiger partial charge in [-0.25, -0.2) is 0 Å². The van der Waals surface area contributed by atoms with Crippen molar-refractivity contribution in [2.24, 2.45) is 17.8 Å². The van der Waals surface area contributed by atoms with Crippen LogP contribution >= 0.6 is 0 Å². The summed E-state index contributed by atoms with van der Waals surface area (Å²) in [6, 6.07) is 0. The molecule has 0 aromatic rings. The van der Waals surface area contributed by atoms with Gasteiger partial charge >= 0.3 is 0 Å². The van der Waals surface area contributed by atoms with Crippen molar-refractivity contribution in [3.8, 4) is 0 Å². The maximum atomic E-state index is 2.59. The fraction of sp³-hybridized carbons (Fsp3) is 1.00. The Kier molecular flexibility index (Phi) is 24.1. The van der Waals surface area contributed by atoms with Crippen LogP contribution in [0.1, 0.15) is 157 Å². The lowest BCUT2D eigenvalue weighted by Crippen LogP contribution is -2.22. The van der Waals surface area contributed by atoms with Crippen molar-refractivity contribution in [2.45, 2.75) is 173 Å². The lowest BCUT2D eigenvalue weighted by molar-refractivity contribution is 0.487. The molecule has 0 aliphatic carbocycles. The number of rotatable bonds is 24. The van der Waals surface area contributed by atoms with Crippen LogP contribution in [0.2, 0.25) is 15.8 Å². The van der Waals surface area contributed by atoms with Gasteiger partial charge in [-0.15, -0.1) is 0 Å². The van der Waals surface area contributed by atoms with Crippen molar-refractivity contribution < 1.29 is 0 Å². The first-order valence-corrected chi connectivity index (χ1v) is 17.5. The maximum absolute atomic E-state index is 2.59. The minimum absolute atomic E-state index is 0.602. The van der Waals surface area contributed by atoms with Crippen LogP contribution in [0.5, 0.6) is 0 Å². The summed E-state index contributed by atoms with van der Waals surface area (Å²) in [5.74, 6) is 2.98. The molecular weight excluding hydrogens is 387 g/mol. The van der Waals surface area contributed by atoms with E-state index in [4.69, 9.17) is 0 Å². The molecule has 3 atom stereocenters. The van der Waals surface area contributed by atoms with E-state index in [1.165, 1.54) is 116 Å². The molecule has 3 unspecified atom stereocenters. The molecule has 0 saturated heterocycles. The van der Waals surface area contributed by atoms with E-state index < -0.39 is 14.1 Å². The van der Waals surface area contributed by atoms with E-state index in [0.717, 1.165) is 17.8 Å². The zero-order chi connectivity index (χ0) is 23.2. The second kappa shape index (κ2) is 23.7. The second-order valence-corrected chi connectivity index (χ2v) is 14.6. The van der Waals surface area contributed by atoms with E-state index in [1.807, 2.05) is 0 Å². The third-order valence-corrected chi connectivity index (χ3v) is 12.0. The van der Waals surface area contributed by atoms with Gasteiger partial charge in [-0.2, -0.15) is 0 Å². The standard InChI is InChI=1S/3C10H21.Al/c3*1-4-5-6-7-8-9-10(2)3;/h3*10H,2,4-9H2,1,3H3;. The molecule has 0 nitrogen and oxygen atoms in total. The number of unbranched alkanes of at least 4 members (excludes halogenated alkanes) is 12. The van der Waals surface area contributed by atoms with Crippen LogP contribution in [0.25, 0.3) is 0 Å². The molecule has 186 valence electrons. The summed E-state index contributed by atoms with van der Waals surface area (Å²) >= 11 is -0.602. The van der Waals surface area contributed by atoms with Gasteiger partial charge in [-0.1, -0.05) is 191 Å². The zero-order valence-electron chi connectivity index (χ0n) is 23.2. The quantitative estimate of drug-likeness (QED) is 0.101. The monoisotopic (exact) mass is 450 g/mol. The summed E-state index contributed by atoms with van der Waals surface area (Å²) in [7, 11) is 0. The second-order valence-electron chi connectivity index (χ2n) is 11.5. The molecule has 0 heterocycles. The van der Waals surface area contributed by atoms with Crippen LogP contribution in [-0.2, 0) is 0 Å². The minimum atomic E-state index is -0.602. The molecule has 0 N–H and O–H groups in total. The summed E-state index contributed by atoms with van der Waals surface area (Å²) in [6.45, 7) is 14.7. The summed E-state index contributed by atoms with van der Waals surface area (Å²) in [4.78, 5) is 0. The topological polar surface area (TPSA) is 0 Å². The third-order valence-electron chi connectivity index (χ3n) is 7.61. The smallest absolute Gasteiger partial charge is 0.0913 e. The predicted molar refractivity (Wildman–Crippen MR) is 148 cm³/mol. The van der Waals surface area contributed by atoms with E-state index >= 15 is 0 Å². The molecule has 0 aliphatic rings. The third kappa shape index (κ3) is 22.1. The Morgan fingerprint density at radius 3 is 0.903 bits per heavy atom. The Morgan fingerprint density at radius 2 is 0.645 bits per heavy atom. The summed E-state index contributed by atoms with van der Waals surface area (Å²) in [5.41, 5.74) is 0. The van der Waals surface area contributed by atoms with Gasteiger partial charge in [-0.3, -0.25) is 0 Å². The van der Waals surface area contributed by atoms with Crippen molar-refractivity contribution in [3.63, 3.8) is 0 Å². The molecular formula is C30H63Al. The number of hydrogen-bond donors (Lipinski definition) is 0. The lowest BCUT2D eigenvalue weighted by atomic mass is 10.0. The maximum Gasteiger partial charge on any atom is 0.262 e. The molecule has 0 aromatic heterocycles. The van der Waals surface area contributed by atoms with Crippen LogP contribution in [0.15, 0.2) is 0 Å². The molecule has 0 fully saturated rings. The molecule has 1 heteroatoms. The summed E-state index contributed by atoms with van der Waals surface area (Å²) in [5, 5.41) is 4.90. The van der Waals surface area contributed by atoms with Crippen LogP contribution in [-0.4, -0.2) is 14.1 Å². The Hall–Kier alpha value is 0.532. The lowest BCUT2D eigenvalue weighted by Gasteiger charge is -2.23. The fourth-order valence-corrected chi connectivity index (χ4v) is 10.3.